The number of fused-ring (bicyclic) bond motifs is 2. The van der Waals surface area contributed by atoms with Crippen molar-refractivity contribution in [3.05, 3.63) is 76.1 Å². The number of alkyl halides is 3. The van der Waals surface area contributed by atoms with Gasteiger partial charge in [-0.1, -0.05) is 6.07 Å². The van der Waals surface area contributed by atoms with Crippen LogP contribution in [0.2, 0.25) is 0 Å². The molecule has 252 valence electrons. The van der Waals surface area contributed by atoms with E-state index in [0.29, 0.717) is 46.5 Å². The predicted octanol–water partition coefficient (Wildman–Crippen LogP) is 4.70. The van der Waals surface area contributed by atoms with E-state index in [2.05, 4.69) is 20.2 Å². The van der Waals surface area contributed by atoms with E-state index < -0.39 is 39.3 Å². The predicted molar refractivity (Wildman–Crippen MR) is 162 cm³/mol. The summed E-state index contributed by atoms with van der Waals surface area (Å²) in [5.41, 5.74) is 1.26. The lowest BCUT2D eigenvalue weighted by Crippen LogP contribution is -2.34. The standard InChI is InChI=1S/C31H35F3N6O6S/c1-18-13-24-27(36-15-18)46-12-11-45-10-6-8-39(47(24,43)44)17-22-14-21(16-35-20(22)3)25(30(4,5)29(41)42)23-7-9-40-26(19(23)2)37-38-28(40)31(32,33)34/h7,9,13-16,25H,6,8,10-12,17H2,1-5H3,(H,41,42)/t25-/m1/s1. The molecule has 0 unspecified atom stereocenters. The normalized spacial score (nSPS) is 17.0. The zero-order valence-electron chi connectivity index (χ0n) is 26.5. The van der Waals surface area contributed by atoms with Gasteiger partial charge in [-0.3, -0.25) is 14.2 Å². The summed E-state index contributed by atoms with van der Waals surface area (Å²) in [4.78, 5) is 21.3. The number of halogens is 3. The molecule has 0 fully saturated rings. The maximum absolute atomic E-state index is 14.1. The van der Waals surface area contributed by atoms with E-state index in [1.165, 1.54) is 48.9 Å². The van der Waals surface area contributed by atoms with Crippen LogP contribution in [0.15, 0.2) is 41.7 Å². The molecule has 1 aliphatic rings. The van der Waals surface area contributed by atoms with Crippen LogP contribution in [0.25, 0.3) is 5.65 Å². The first kappa shape index (κ1) is 34.2. The summed E-state index contributed by atoms with van der Waals surface area (Å²) in [7, 11) is -4.15. The van der Waals surface area contributed by atoms with Gasteiger partial charge in [0.15, 0.2) is 5.65 Å². The summed E-state index contributed by atoms with van der Waals surface area (Å²) in [6.07, 6.45) is -0.156. The highest BCUT2D eigenvalue weighted by molar-refractivity contribution is 7.89. The van der Waals surface area contributed by atoms with Crippen molar-refractivity contribution in [1.82, 2.24) is 28.9 Å². The quantitative estimate of drug-likeness (QED) is 0.305. The van der Waals surface area contributed by atoms with Crippen molar-refractivity contribution >= 4 is 21.6 Å². The average molecular weight is 677 g/mol. The highest BCUT2D eigenvalue weighted by Gasteiger charge is 2.42. The van der Waals surface area contributed by atoms with Gasteiger partial charge in [0.2, 0.25) is 21.7 Å². The minimum Gasteiger partial charge on any atom is -0.481 e. The van der Waals surface area contributed by atoms with Crippen LogP contribution >= 0.6 is 0 Å². The molecule has 0 radical (unpaired) electrons. The van der Waals surface area contributed by atoms with Crippen LogP contribution in [0, 0.1) is 26.2 Å². The second kappa shape index (κ2) is 12.8. The molecule has 0 bridgehead atoms. The monoisotopic (exact) mass is 676 g/mol. The van der Waals surface area contributed by atoms with Gasteiger partial charge in [-0.05, 0) is 81.0 Å². The Morgan fingerprint density at radius 2 is 1.81 bits per heavy atom. The van der Waals surface area contributed by atoms with E-state index in [9.17, 15) is 31.5 Å². The second-order valence-electron chi connectivity index (χ2n) is 12.1. The summed E-state index contributed by atoms with van der Waals surface area (Å²) in [6, 6.07) is 4.64. The number of aliphatic carboxylic acids is 1. The van der Waals surface area contributed by atoms with Crippen LogP contribution < -0.4 is 4.74 Å². The van der Waals surface area contributed by atoms with Gasteiger partial charge in [0.05, 0.1) is 12.0 Å². The van der Waals surface area contributed by atoms with E-state index in [1.54, 1.807) is 26.8 Å². The minimum atomic E-state index is -4.75. The SMILES string of the molecule is Cc1cnc2c(c1)S(=O)(=O)N(Cc1cc([C@H](c3ccn4c(C(F)(F)F)nnc4c3C)C(C)(C)C(=O)O)cnc1C)CCCOCCO2. The van der Waals surface area contributed by atoms with Gasteiger partial charge in [0, 0.05) is 49.9 Å². The van der Waals surface area contributed by atoms with E-state index in [0.717, 1.165) is 4.40 Å². The lowest BCUT2D eigenvalue weighted by molar-refractivity contribution is -0.147. The van der Waals surface area contributed by atoms with Crippen LogP contribution in [-0.2, 0) is 32.3 Å². The number of ether oxygens (including phenoxy) is 2. The van der Waals surface area contributed by atoms with Crippen molar-refractivity contribution in [1.29, 1.82) is 0 Å². The van der Waals surface area contributed by atoms with Gasteiger partial charge < -0.3 is 14.6 Å². The van der Waals surface area contributed by atoms with E-state index in [4.69, 9.17) is 9.47 Å². The van der Waals surface area contributed by atoms with E-state index in [1.807, 2.05) is 0 Å². The Hall–Kier alpha value is -4.15. The van der Waals surface area contributed by atoms with Crippen LogP contribution in [0.4, 0.5) is 13.2 Å². The molecule has 5 heterocycles. The molecule has 0 aromatic carbocycles. The van der Waals surface area contributed by atoms with Crippen molar-refractivity contribution in [2.75, 3.05) is 26.4 Å². The molecule has 47 heavy (non-hydrogen) atoms. The first-order valence-electron chi connectivity index (χ1n) is 14.8. The van der Waals surface area contributed by atoms with Crippen molar-refractivity contribution < 1.29 is 41.0 Å². The largest absolute Gasteiger partial charge is 0.481 e. The second-order valence-corrected chi connectivity index (χ2v) is 14.0. The summed E-state index contributed by atoms with van der Waals surface area (Å²) in [5, 5.41) is 17.4. The number of aromatic nitrogens is 5. The summed E-state index contributed by atoms with van der Waals surface area (Å²) in [5.74, 6) is -3.31. The molecule has 5 rings (SSSR count). The van der Waals surface area contributed by atoms with Crippen molar-refractivity contribution in [2.24, 2.45) is 5.41 Å². The Morgan fingerprint density at radius 3 is 2.51 bits per heavy atom. The van der Waals surface area contributed by atoms with Crippen LogP contribution in [0.3, 0.4) is 0 Å². The van der Waals surface area contributed by atoms with Gasteiger partial charge in [-0.2, -0.15) is 17.5 Å². The zero-order valence-corrected chi connectivity index (χ0v) is 27.3. The number of hydrogen-bond donors (Lipinski definition) is 1. The first-order chi connectivity index (χ1) is 22.0. The number of hydrogen-bond acceptors (Lipinski definition) is 9. The van der Waals surface area contributed by atoms with Crippen molar-refractivity contribution in [3.63, 3.8) is 0 Å². The number of rotatable bonds is 6. The Labute approximate surface area is 269 Å². The molecule has 1 atom stereocenters. The molecule has 0 amide bonds. The fourth-order valence-corrected chi connectivity index (χ4v) is 7.33. The highest BCUT2D eigenvalue weighted by Crippen LogP contribution is 2.44. The number of aryl methyl sites for hydroxylation is 3. The number of carboxylic acids is 1. The Kier molecular flexibility index (Phi) is 9.32. The molecule has 0 saturated heterocycles. The lowest BCUT2D eigenvalue weighted by Gasteiger charge is -2.33. The molecule has 0 aliphatic carbocycles. The van der Waals surface area contributed by atoms with Gasteiger partial charge >= 0.3 is 12.1 Å². The minimum absolute atomic E-state index is 0.0361. The van der Waals surface area contributed by atoms with Crippen LogP contribution in [0.1, 0.15) is 65.5 Å². The summed E-state index contributed by atoms with van der Waals surface area (Å²) < 4.78 is 82.3. The Bertz CT molecular complexity index is 1930. The molecular formula is C31H35F3N6O6S. The lowest BCUT2D eigenvalue weighted by atomic mass is 9.70. The van der Waals surface area contributed by atoms with Crippen LogP contribution in [-0.4, -0.2) is 74.7 Å². The van der Waals surface area contributed by atoms with E-state index in [-0.39, 0.29) is 42.7 Å². The third-order valence-electron chi connectivity index (χ3n) is 8.33. The third kappa shape index (κ3) is 6.67. The van der Waals surface area contributed by atoms with Gasteiger partial charge in [-0.25, -0.2) is 13.4 Å². The molecule has 0 saturated carbocycles. The highest BCUT2D eigenvalue weighted by atomic mass is 32.2. The molecule has 4 aromatic heterocycles. The molecule has 16 heteroatoms. The number of sulfonamides is 1. The smallest absolute Gasteiger partial charge is 0.452 e. The van der Waals surface area contributed by atoms with E-state index >= 15 is 0 Å². The Morgan fingerprint density at radius 1 is 1.06 bits per heavy atom. The number of carbonyl (C=O) groups is 1. The fourth-order valence-electron chi connectivity index (χ4n) is 5.71. The zero-order chi connectivity index (χ0) is 34.3. The summed E-state index contributed by atoms with van der Waals surface area (Å²) >= 11 is 0. The molecule has 12 nitrogen and oxygen atoms in total. The first-order valence-corrected chi connectivity index (χ1v) is 16.2. The molecule has 4 aromatic rings. The topological polar surface area (TPSA) is 149 Å². The van der Waals surface area contributed by atoms with Crippen molar-refractivity contribution in [2.45, 2.75) is 64.6 Å². The number of nitrogens with zero attached hydrogens (tertiary/aromatic N) is 6. The third-order valence-corrected chi connectivity index (χ3v) is 10.2. The Balaban J connectivity index is 1.62. The van der Waals surface area contributed by atoms with Crippen molar-refractivity contribution in [3.8, 4) is 5.88 Å². The summed E-state index contributed by atoms with van der Waals surface area (Å²) in [6.45, 7) is 8.71. The maximum Gasteiger partial charge on any atom is 0.452 e. The average Bonchev–Trinajstić information content (AvgIpc) is 3.44. The molecule has 1 N–H and O–H groups in total. The van der Waals surface area contributed by atoms with Gasteiger partial charge in [0.25, 0.3) is 0 Å². The van der Waals surface area contributed by atoms with Gasteiger partial charge in [0.1, 0.15) is 11.5 Å². The molecule has 0 spiro atoms. The van der Waals surface area contributed by atoms with Gasteiger partial charge in [-0.15, -0.1) is 10.2 Å². The molecular weight excluding hydrogens is 641 g/mol. The fraction of sp³-hybridized carbons (Fsp3) is 0.452. The molecule has 1 aliphatic heterocycles. The number of pyridine rings is 3. The number of carboxylic acid groups (broad SMARTS) is 1. The van der Waals surface area contributed by atoms with Crippen LogP contribution in [0.5, 0.6) is 5.88 Å². The maximum atomic E-state index is 14.1.